The standard InChI is InChI=1S/C24H31N3O4/c1-15-16(2)26-27(6)22(15)23(31-14-30-20(28)13-29-7)21(19-12-25-19)17-8-10-18(11-9-17)24(3,4)5/h8-12,19H,13-14H2,1-7H3/b23-21+. The average molecular weight is 426 g/mol. The second kappa shape index (κ2) is 9.06. The van der Waals surface area contributed by atoms with Crippen LogP contribution in [0.3, 0.4) is 0 Å². The van der Waals surface area contributed by atoms with Gasteiger partial charge in [-0.1, -0.05) is 45.0 Å². The number of aromatic nitrogens is 2. The van der Waals surface area contributed by atoms with Crippen molar-refractivity contribution in [3.8, 4) is 0 Å². The van der Waals surface area contributed by atoms with Crippen molar-refractivity contribution in [2.75, 3.05) is 20.5 Å². The number of carbonyl (C=O) groups excluding carboxylic acids is 1. The van der Waals surface area contributed by atoms with Crippen LogP contribution >= 0.6 is 0 Å². The van der Waals surface area contributed by atoms with Gasteiger partial charge < -0.3 is 14.2 Å². The van der Waals surface area contributed by atoms with Gasteiger partial charge >= 0.3 is 5.97 Å². The van der Waals surface area contributed by atoms with Crippen LogP contribution in [0.5, 0.6) is 0 Å². The molecule has 0 saturated heterocycles. The van der Waals surface area contributed by atoms with Gasteiger partial charge in [-0.05, 0) is 30.4 Å². The summed E-state index contributed by atoms with van der Waals surface area (Å²) in [7, 11) is 3.32. The van der Waals surface area contributed by atoms with Crippen LogP contribution in [0.2, 0.25) is 0 Å². The van der Waals surface area contributed by atoms with E-state index in [2.05, 4.69) is 55.1 Å². The molecule has 0 saturated carbocycles. The first-order valence-corrected chi connectivity index (χ1v) is 10.3. The molecule has 2 aromatic rings. The Labute approximate surface area is 183 Å². The largest absolute Gasteiger partial charge is 0.455 e. The molecule has 0 spiro atoms. The molecule has 0 aliphatic carbocycles. The molecule has 0 amide bonds. The van der Waals surface area contributed by atoms with E-state index in [4.69, 9.17) is 14.2 Å². The zero-order valence-corrected chi connectivity index (χ0v) is 19.4. The van der Waals surface area contributed by atoms with Crippen molar-refractivity contribution < 1.29 is 19.0 Å². The molecule has 1 atom stereocenters. The van der Waals surface area contributed by atoms with E-state index in [1.165, 1.54) is 12.7 Å². The lowest BCUT2D eigenvalue weighted by Gasteiger charge is -2.21. The van der Waals surface area contributed by atoms with Crippen LogP contribution in [0.15, 0.2) is 29.3 Å². The van der Waals surface area contributed by atoms with E-state index in [1.807, 2.05) is 27.1 Å². The van der Waals surface area contributed by atoms with Crippen LogP contribution in [0.4, 0.5) is 0 Å². The molecule has 0 radical (unpaired) electrons. The maximum Gasteiger partial charge on any atom is 0.334 e. The summed E-state index contributed by atoms with van der Waals surface area (Å²) in [4.78, 5) is 16.1. The second-order valence-corrected chi connectivity index (χ2v) is 8.71. The zero-order valence-electron chi connectivity index (χ0n) is 19.4. The van der Waals surface area contributed by atoms with Gasteiger partial charge in [0.1, 0.15) is 18.3 Å². The first kappa shape index (κ1) is 22.7. The lowest BCUT2D eigenvalue weighted by atomic mass is 9.85. The van der Waals surface area contributed by atoms with Crippen molar-refractivity contribution in [2.45, 2.75) is 46.1 Å². The van der Waals surface area contributed by atoms with Gasteiger partial charge in [-0.2, -0.15) is 5.10 Å². The highest BCUT2D eigenvalue weighted by Gasteiger charge is 2.30. The molecule has 1 aromatic carbocycles. The van der Waals surface area contributed by atoms with Crippen LogP contribution in [-0.4, -0.2) is 48.5 Å². The molecular formula is C24H31N3O4. The normalized spacial score (nSPS) is 16.2. The molecule has 1 unspecified atom stereocenters. The number of rotatable bonds is 8. The number of nitrogens with zero attached hydrogens (tertiary/aromatic N) is 3. The van der Waals surface area contributed by atoms with Crippen LogP contribution in [-0.2, 0) is 31.5 Å². The molecule has 3 rings (SSSR count). The van der Waals surface area contributed by atoms with Crippen LogP contribution in [0, 0.1) is 13.8 Å². The van der Waals surface area contributed by atoms with Crippen molar-refractivity contribution in [1.29, 1.82) is 0 Å². The second-order valence-electron chi connectivity index (χ2n) is 8.71. The monoisotopic (exact) mass is 425 g/mol. The number of ether oxygens (including phenoxy) is 3. The first-order valence-electron chi connectivity index (χ1n) is 10.3. The molecule has 0 fully saturated rings. The lowest BCUT2D eigenvalue weighted by Crippen LogP contribution is -2.15. The molecule has 7 heteroatoms. The number of methoxy groups -OCH3 is 1. The Balaban J connectivity index is 2.05. The van der Waals surface area contributed by atoms with E-state index in [0.29, 0.717) is 5.76 Å². The third-order valence-electron chi connectivity index (χ3n) is 5.32. The SMILES string of the molecule is COCC(=O)OCO/C(=C(\c1ccc(C(C)(C)C)cc1)C1C=N1)c1c(C)c(C)nn1C. The Bertz CT molecular complexity index is 1000. The van der Waals surface area contributed by atoms with E-state index >= 15 is 0 Å². The molecule has 1 aliphatic heterocycles. The van der Waals surface area contributed by atoms with Gasteiger partial charge in [0.15, 0.2) is 5.76 Å². The Morgan fingerprint density at radius 2 is 1.77 bits per heavy atom. The minimum atomic E-state index is -0.487. The van der Waals surface area contributed by atoms with Crippen LogP contribution in [0.25, 0.3) is 11.3 Å². The first-order chi connectivity index (χ1) is 14.6. The summed E-state index contributed by atoms with van der Waals surface area (Å²) in [6, 6.07) is 8.37. The fourth-order valence-corrected chi connectivity index (χ4v) is 3.45. The smallest absolute Gasteiger partial charge is 0.334 e. The minimum Gasteiger partial charge on any atom is -0.455 e. The lowest BCUT2D eigenvalue weighted by molar-refractivity contribution is -0.155. The van der Waals surface area contributed by atoms with Crippen LogP contribution < -0.4 is 0 Å². The topological polar surface area (TPSA) is 74.9 Å². The number of benzene rings is 1. The van der Waals surface area contributed by atoms with Gasteiger partial charge in [0, 0.05) is 31.5 Å². The van der Waals surface area contributed by atoms with Crippen molar-refractivity contribution in [3.63, 3.8) is 0 Å². The Hall–Kier alpha value is -2.93. The number of hydrogen-bond donors (Lipinski definition) is 0. The van der Waals surface area contributed by atoms with E-state index in [0.717, 1.165) is 28.1 Å². The van der Waals surface area contributed by atoms with Crippen molar-refractivity contribution >= 4 is 23.5 Å². The van der Waals surface area contributed by atoms with Gasteiger partial charge in [-0.15, -0.1) is 0 Å². The van der Waals surface area contributed by atoms with E-state index < -0.39 is 5.97 Å². The average Bonchev–Trinajstić information content (AvgIpc) is 3.49. The fourth-order valence-electron chi connectivity index (χ4n) is 3.45. The molecular weight excluding hydrogens is 394 g/mol. The molecule has 1 aliphatic rings. The maximum absolute atomic E-state index is 11.7. The number of esters is 1. The van der Waals surface area contributed by atoms with E-state index in [-0.39, 0.29) is 24.9 Å². The summed E-state index contributed by atoms with van der Waals surface area (Å²) in [5.74, 6) is 0.121. The number of hydrogen-bond acceptors (Lipinski definition) is 6. The van der Waals surface area contributed by atoms with Gasteiger partial charge in [-0.25, -0.2) is 4.79 Å². The summed E-state index contributed by atoms with van der Waals surface area (Å²) in [6.07, 6.45) is 1.88. The minimum absolute atomic E-state index is 0.0586. The highest BCUT2D eigenvalue weighted by Crippen LogP contribution is 2.36. The Morgan fingerprint density at radius 3 is 2.26 bits per heavy atom. The summed E-state index contributed by atoms with van der Waals surface area (Å²) in [6.45, 7) is 10.2. The van der Waals surface area contributed by atoms with Crippen molar-refractivity contribution in [2.24, 2.45) is 12.0 Å². The van der Waals surface area contributed by atoms with Gasteiger partial charge in [0.25, 0.3) is 0 Å². The number of aliphatic imine (C=N–C) groups is 1. The third-order valence-corrected chi connectivity index (χ3v) is 5.32. The molecule has 1 aromatic heterocycles. The summed E-state index contributed by atoms with van der Waals surface area (Å²) in [5.41, 5.74) is 5.99. The van der Waals surface area contributed by atoms with Crippen LogP contribution in [0.1, 0.15) is 48.8 Å². The zero-order chi connectivity index (χ0) is 22.8. The summed E-state index contributed by atoms with van der Waals surface area (Å²) < 4.78 is 17.9. The van der Waals surface area contributed by atoms with Gasteiger partial charge in [0.05, 0.1) is 5.69 Å². The van der Waals surface area contributed by atoms with Crippen molar-refractivity contribution in [3.05, 3.63) is 52.3 Å². The number of aryl methyl sites for hydroxylation is 2. The van der Waals surface area contributed by atoms with Gasteiger partial charge in [0.2, 0.25) is 6.79 Å². The Kier molecular flexibility index (Phi) is 6.65. The molecule has 0 bridgehead atoms. The Morgan fingerprint density at radius 1 is 1.13 bits per heavy atom. The maximum atomic E-state index is 11.7. The number of carbonyl (C=O) groups is 1. The van der Waals surface area contributed by atoms with Crippen molar-refractivity contribution in [1.82, 2.24) is 9.78 Å². The fraction of sp³-hybridized carbons (Fsp3) is 0.458. The molecule has 166 valence electrons. The van der Waals surface area contributed by atoms with Gasteiger partial charge in [-0.3, -0.25) is 9.67 Å². The summed E-state index contributed by atoms with van der Waals surface area (Å²) in [5, 5.41) is 4.54. The molecule has 0 N–H and O–H groups in total. The summed E-state index contributed by atoms with van der Waals surface area (Å²) >= 11 is 0. The highest BCUT2D eigenvalue weighted by atomic mass is 16.7. The molecule has 7 nitrogen and oxygen atoms in total. The highest BCUT2D eigenvalue weighted by molar-refractivity contribution is 6.04. The molecule has 2 heterocycles. The third kappa shape index (κ3) is 5.22. The predicted molar refractivity (Wildman–Crippen MR) is 121 cm³/mol. The molecule has 31 heavy (non-hydrogen) atoms. The van der Waals surface area contributed by atoms with E-state index in [1.54, 1.807) is 4.68 Å². The predicted octanol–water partition coefficient (Wildman–Crippen LogP) is 3.82. The van der Waals surface area contributed by atoms with E-state index in [9.17, 15) is 4.79 Å². The quantitative estimate of drug-likeness (QED) is 0.365.